The fourth-order valence-electron chi connectivity index (χ4n) is 3.34. The predicted octanol–water partition coefficient (Wildman–Crippen LogP) is 8.49. The smallest absolute Gasteiger partial charge is 0.0172 e. The third-order valence-electron chi connectivity index (χ3n) is 5.14. The van der Waals surface area contributed by atoms with Crippen molar-refractivity contribution in [3.8, 4) is 0 Å². The summed E-state index contributed by atoms with van der Waals surface area (Å²) in [6, 6.07) is 0. The molecule has 0 N–H and O–H groups in total. The molecule has 0 aliphatic carbocycles. The van der Waals surface area contributed by atoms with Crippen molar-refractivity contribution in [2.45, 2.75) is 130 Å². The van der Waals surface area contributed by atoms with E-state index in [0.29, 0.717) is 0 Å². The van der Waals surface area contributed by atoms with Crippen molar-refractivity contribution in [1.82, 2.24) is 4.90 Å². The van der Waals surface area contributed by atoms with Gasteiger partial charge in [-0.25, -0.2) is 0 Å². The lowest BCUT2D eigenvalue weighted by Crippen LogP contribution is -2.19. The van der Waals surface area contributed by atoms with E-state index in [1.165, 1.54) is 122 Å². The Hall–Kier alpha value is -0.460. The van der Waals surface area contributed by atoms with E-state index >= 15 is 0 Å². The summed E-state index contributed by atoms with van der Waals surface area (Å²) in [4.78, 5) is 2.58. The largest absolute Gasteiger partial charge is 0.378 e. The fourth-order valence-corrected chi connectivity index (χ4v) is 3.34. The second kappa shape index (κ2) is 21.6. The zero-order valence-corrected chi connectivity index (χ0v) is 18.0. The molecule has 0 radical (unpaired) electrons. The molecule has 0 aromatic rings. The summed E-state index contributed by atoms with van der Waals surface area (Å²) in [7, 11) is 0. The quantitative estimate of drug-likeness (QED) is 0.199. The second-order valence-corrected chi connectivity index (χ2v) is 7.81. The Bertz CT molecular complexity index is 259. The average molecular weight is 352 g/mol. The molecule has 0 aromatic heterocycles. The SMILES string of the molecule is CCCCCCCCCCC=CN(CCCC)CCCCCCCC. The maximum absolute atomic E-state index is 2.58. The van der Waals surface area contributed by atoms with Gasteiger partial charge in [-0.1, -0.05) is 110 Å². The molecule has 0 fully saturated rings. The minimum atomic E-state index is 1.25. The van der Waals surface area contributed by atoms with Crippen molar-refractivity contribution >= 4 is 0 Å². The number of hydrogen-bond acceptors (Lipinski definition) is 1. The van der Waals surface area contributed by atoms with Crippen LogP contribution in [0.3, 0.4) is 0 Å². The monoisotopic (exact) mass is 351 g/mol. The maximum atomic E-state index is 2.58. The van der Waals surface area contributed by atoms with Crippen LogP contribution in [0, 0.1) is 0 Å². The summed E-state index contributed by atoms with van der Waals surface area (Å²) in [5, 5.41) is 0. The highest BCUT2D eigenvalue weighted by molar-refractivity contribution is 4.82. The van der Waals surface area contributed by atoms with Gasteiger partial charge in [-0.2, -0.15) is 0 Å². The Balaban J connectivity index is 3.65. The van der Waals surface area contributed by atoms with E-state index in [2.05, 4.69) is 37.9 Å². The Morgan fingerprint density at radius 1 is 0.480 bits per heavy atom. The van der Waals surface area contributed by atoms with Gasteiger partial charge in [0.15, 0.2) is 0 Å². The van der Waals surface area contributed by atoms with Crippen LogP contribution in [0.5, 0.6) is 0 Å². The van der Waals surface area contributed by atoms with E-state index < -0.39 is 0 Å². The van der Waals surface area contributed by atoms with Crippen LogP contribution >= 0.6 is 0 Å². The molecule has 0 amide bonds. The highest BCUT2D eigenvalue weighted by atomic mass is 15.1. The van der Waals surface area contributed by atoms with Gasteiger partial charge in [0.25, 0.3) is 0 Å². The van der Waals surface area contributed by atoms with Gasteiger partial charge in [0.2, 0.25) is 0 Å². The van der Waals surface area contributed by atoms with Gasteiger partial charge < -0.3 is 4.90 Å². The molecule has 0 aliphatic rings. The minimum Gasteiger partial charge on any atom is -0.378 e. The van der Waals surface area contributed by atoms with Gasteiger partial charge in [-0.3, -0.25) is 0 Å². The summed E-state index contributed by atoms with van der Waals surface area (Å²) >= 11 is 0. The van der Waals surface area contributed by atoms with Crippen LogP contribution in [0.4, 0.5) is 0 Å². The second-order valence-electron chi connectivity index (χ2n) is 7.81. The van der Waals surface area contributed by atoms with Crippen molar-refractivity contribution in [3.63, 3.8) is 0 Å². The molecule has 0 spiro atoms. The highest BCUT2D eigenvalue weighted by Gasteiger charge is 1.99. The van der Waals surface area contributed by atoms with E-state index in [-0.39, 0.29) is 0 Å². The van der Waals surface area contributed by atoms with Crippen molar-refractivity contribution in [2.75, 3.05) is 13.1 Å². The van der Waals surface area contributed by atoms with Gasteiger partial charge in [0.1, 0.15) is 0 Å². The first-order valence-electron chi connectivity index (χ1n) is 11.8. The van der Waals surface area contributed by atoms with Crippen molar-refractivity contribution in [3.05, 3.63) is 12.3 Å². The highest BCUT2D eigenvalue weighted by Crippen LogP contribution is 2.11. The first-order chi connectivity index (χ1) is 12.3. The number of nitrogens with zero attached hydrogens (tertiary/aromatic N) is 1. The molecule has 0 atom stereocenters. The van der Waals surface area contributed by atoms with E-state index in [4.69, 9.17) is 0 Å². The van der Waals surface area contributed by atoms with Crippen molar-refractivity contribution in [1.29, 1.82) is 0 Å². The molecular weight excluding hydrogens is 302 g/mol. The maximum Gasteiger partial charge on any atom is 0.0172 e. The normalized spacial score (nSPS) is 11.5. The number of rotatable bonds is 20. The van der Waals surface area contributed by atoms with Crippen LogP contribution < -0.4 is 0 Å². The first-order valence-corrected chi connectivity index (χ1v) is 11.8. The van der Waals surface area contributed by atoms with E-state index in [1.54, 1.807) is 0 Å². The van der Waals surface area contributed by atoms with Crippen molar-refractivity contribution in [2.24, 2.45) is 0 Å². The predicted molar refractivity (Wildman–Crippen MR) is 116 cm³/mol. The minimum absolute atomic E-state index is 1.25. The van der Waals surface area contributed by atoms with Crippen LogP contribution in [-0.4, -0.2) is 18.0 Å². The molecular formula is C24H49N. The third kappa shape index (κ3) is 19.7. The van der Waals surface area contributed by atoms with Crippen LogP contribution in [-0.2, 0) is 0 Å². The molecule has 1 nitrogen and oxygen atoms in total. The van der Waals surface area contributed by atoms with Crippen molar-refractivity contribution < 1.29 is 0 Å². The van der Waals surface area contributed by atoms with Gasteiger partial charge in [0, 0.05) is 13.1 Å². The van der Waals surface area contributed by atoms with E-state index in [9.17, 15) is 0 Å². The lowest BCUT2D eigenvalue weighted by Gasteiger charge is -2.20. The lowest BCUT2D eigenvalue weighted by molar-refractivity contribution is 0.353. The molecule has 25 heavy (non-hydrogen) atoms. The number of hydrogen-bond donors (Lipinski definition) is 0. The first kappa shape index (κ1) is 24.5. The van der Waals surface area contributed by atoms with Crippen LogP contribution in [0.1, 0.15) is 130 Å². The topological polar surface area (TPSA) is 3.24 Å². The Morgan fingerprint density at radius 3 is 1.48 bits per heavy atom. The molecule has 0 rings (SSSR count). The summed E-state index contributed by atoms with van der Waals surface area (Å²) in [5.74, 6) is 0. The summed E-state index contributed by atoms with van der Waals surface area (Å²) in [6.45, 7) is 9.40. The van der Waals surface area contributed by atoms with E-state index in [1.807, 2.05) is 0 Å². The third-order valence-corrected chi connectivity index (χ3v) is 5.14. The summed E-state index contributed by atoms with van der Waals surface area (Å²) in [5.41, 5.74) is 0. The van der Waals surface area contributed by atoms with Crippen LogP contribution in [0.25, 0.3) is 0 Å². The zero-order valence-electron chi connectivity index (χ0n) is 18.0. The molecule has 0 aromatic carbocycles. The molecule has 0 unspecified atom stereocenters. The Labute approximate surface area is 160 Å². The van der Waals surface area contributed by atoms with E-state index in [0.717, 1.165) is 0 Å². The molecule has 0 saturated carbocycles. The molecule has 1 heteroatoms. The number of allylic oxidation sites excluding steroid dienone is 1. The Kier molecular flexibility index (Phi) is 21.2. The average Bonchev–Trinajstić information content (AvgIpc) is 2.63. The standard InChI is InChI=1S/C24H49N/c1-4-7-10-12-14-15-16-17-19-21-24-25(22-9-6-3)23-20-18-13-11-8-5-2/h21,24H,4-20,22-23H2,1-3H3. The van der Waals surface area contributed by atoms with Gasteiger partial charge in [0.05, 0.1) is 0 Å². The van der Waals surface area contributed by atoms with Crippen LogP contribution in [0.15, 0.2) is 12.3 Å². The zero-order chi connectivity index (χ0) is 18.4. The molecule has 0 heterocycles. The molecule has 0 aliphatic heterocycles. The lowest BCUT2D eigenvalue weighted by atomic mass is 10.1. The molecule has 0 bridgehead atoms. The number of unbranched alkanes of at least 4 members (excludes halogenated alkanes) is 14. The van der Waals surface area contributed by atoms with Crippen LogP contribution in [0.2, 0.25) is 0 Å². The van der Waals surface area contributed by atoms with Gasteiger partial charge in [-0.05, 0) is 31.9 Å². The van der Waals surface area contributed by atoms with Gasteiger partial charge in [-0.15, -0.1) is 0 Å². The molecule has 0 saturated heterocycles. The molecule has 150 valence electrons. The summed E-state index contributed by atoms with van der Waals surface area (Å²) in [6.07, 6.45) is 28.5. The fraction of sp³-hybridized carbons (Fsp3) is 0.917. The van der Waals surface area contributed by atoms with Gasteiger partial charge >= 0.3 is 0 Å². The summed E-state index contributed by atoms with van der Waals surface area (Å²) < 4.78 is 0. The Morgan fingerprint density at radius 2 is 0.920 bits per heavy atom.